The van der Waals surface area contributed by atoms with Crippen LogP contribution in [0.3, 0.4) is 0 Å². The number of rotatable bonds is 4. The topological polar surface area (TPSA) is 56.1 Å². The van der Waals surface area contributed by atoms with Gasteiger partial charge < -0.3 is 14.3 Å². The predicted octanol–water partition coefficient (Wildman–Crippen LogP) is 1.93. The molecule has 3 aliphatic rings. The molecule has 0 N–H and O–H groups in total. The SMILES string of the molecule is Cc1cc(CN2CCC3(CC2)N(Cc2ccccc2)C(=O)[C@H]2CN(C)CCN23)no1. The average molecular weight is 410 g/mol. The molecule has 3 saturated heterocycles. The summed E-state index contributed by atoms with van der Waals surface area (Å²) in [7, 11) is 2.12. The molecule has 2 aromatic rings. The maximum Gasteiger partial charge on any atom is 0.243 e. The van der Waals surface area contributed by atoms with Gasteiger partial charge in [-0.15, -0.1) is 0 Å². The van der Waals surface area contributed by atoms with Crippen molar-refractivity contribution in [2.75, 3.05) is 39.8 Å². The van der Waals surface area contributed by atoms with Crippen LogP contribution in [0.5, 0.6) is 0 Å². The standard InChI is InChI=1S/C23H31N5O2/c1-18-14-20(24-30-18)16-26-10-8-23(9-11-26)27-13-12-25(2)17-21(27)22(29)28(23)15-19-6-4-3-5-7-19/h3-7,14,21H,8-13,15-17H2,1-2H3/t21-/m1/s1. The molecule has 0 saturated carbocycles. The zero-order valence-corrected chi connectivity index (χ0v) is 18.0. The van der Waals surface area contributed by atoms with E-state index >= 15 is 0 Å². The first-order valence-corrected chi connectivity index (χ1v) is 11.0. The lowest BCUT2D eigenvalue weighted by Gasteiger charge is -2.50. The predicted molar refractivity (Wildman–Crippen MR) is 113 cm³/mol. The van der Waals surface area contributed by atoms with Crippen LogP contribution in [0.2, 0.25) is 0 Å². The summed E-state index contributed by atoms with van der Waals surface area (Å²) >= 11 is 0. The summed E-state index contributed by atoms with van der Waals surface area (Å²) < 4.78 is 5.24. The maximum atomic E-state index is 13.6. The third-order valence-corrected chi connectivity index (χ3v) is 7.07. The fourth-order valence-electron chi connectivity index (χ4n) is 5.51. The van der Waals surface area contributed by atoms with Gasteiger partial charge >= 0.3 is 0 Å². The molecule has 1 amide bonds. The Morgan fingerprint density at radius 3 is 2.57 bits per heavy atom. The second kappa shape index (κ2) is 7.80. The Hall–Kier alpha value is -2.22. The third kappa shape index (κ3) is 3.45. The highest BCUT2D eigenvalue weighted by molar-refractivity contribution is 5.85. The molecule has 5 rings (SSSR count). The van der Waals surface area contributed by atoms with Gasteiger partial charge in [-0.05, 0) is 32.4 Å². The fourth-order valence-corrected chi connectivity index (χ4v) is 5.51. The van der Waals surface area contributed by atoms with Gasteiger partial charge in [0.2, 0.25) is 5.91 Å². The summed E-state index contributed by atoms with van der Waals surface area (Å²) in [6.45, 7) is 8.17. The van der Waals surface area contributed by atoms with Crippen molar-refractivity contribution in [2.24, 2.45) is 0 Å². The van der Waals surface area contributed by atoms with E-state index in [1.54, 1.807) is 0 Å². The van der Waals surface area contributed by atoms with E-state index in [9.17, 15) is 4.79 Å². The number of piperazine rings is 1. The number of amides is 1. The number of hydrogen-bond donors (Lipinski definition) is 0. The van der Waals surface area contributed by atoms with E-state index in [4.69, 9.17) is 4.52 Å². The molecule has 3 fully saturated rings. The van der Waals surface area contributed by atoms with E-state index in [0.29, 0.717) is 12.5 Å². The minimum atomic E-state index is -0.172. The summed E-state index contributed by atoms with van der Waals surface area (Å²) in [4.78, 5) is 23.0. The van der Waals surface area contributed by atoms with E-state index in [0.717, 1.165) is 63.6 Å². The molecule has 7 nitrogen and oxygen atoms in total. The van der Waals surface area contributed by atoms with Crippen LogP contribution in [0.1, 0.15) is 29.9 Å². The Bertz CT molecular complexity index is 890. The molecule has 0 radical (unpaired) electrons. The van der Waals surface area contributed by atoms with Crippen molar-refractivity contribution in [3.8, 4) is 0 Å². The number of aryl methyl sites for hydroxylation is 1. The molecule has 4 heterocycles. The first-order chi connectivity index (χ1) is 14.5. The Morgan fingerprint density at radius 1 is 1.10 bits per heavy atom. The van der Waals surface area contributed by atoms with Gasteiger partial charge in [-0.25, -0.2) is 0 Å². The second-order valence-corrected chi connectivity index (χ2v) is 9.07. The maximum absolute atomic E-state index is 13.6. The molecule has 0 aliphatic carbocycles. The van der Waals surface area contributed by atoms with Gasteiger partial charge in [0.05, 0.1) is 11.4 Å². The molecule has 1 aromatic carbocycles. The summed E-state index contributed by atoms with van der Waals surface area (Å²) in [5.41, 5.74) is 2.03. The summed E-state index contributed by atoms with van der Waals surface area (Å²) in [5, 5.41) is 4.16. The molecular weight excluding hydrogens is 378 g/mol. The van der Waals surface area contributed by atoms with Crippen LogP contribution in [0.25, 0.3) is 0 Å². The number of nitrogens with zero attached hydrogens (tertiary/aromatic N) is 5. The number of carbonyl (C=O) groups is 1. The lowest BCUT2D eigenvalue weighted by molar-refractivity contribution is -0.135. The number of fused-ring (bicyclic) bond motifs is 2. The zero-order chi connectivity index (χ0) is 20.7. The molecule has 1 aromatic heterocycles. The van der Waals surface area contributed by atoms with E-state index < -0.39 is 0 Å². The third-order valence-electron chi connectivity index (χ3n) is 7.07. The average Bonchev–Trinajstić information content (AvgIpc) is 3.25. The first kappa shape index (κ1) is 19.7. The lowest BCUT2D eigenvalue weighted by atomic mass is 9.93. The van der Waals surface area contributed by atoms with Crippen molar-refractivity contribution in [2.45, 2.75) is 44.6 Å². The van der Waals surface area contributed by atoms with E-state index in [-0.39, 0.29) is 11.7 Å². The van der Waals surface area contributed by atoms with Crippen LogP contribution in [0, 0.1) is 6.92 Å². The Morgan fingerprint density at radius 2 is 1.87 bits per heavy atom. The van der Waals surface area contributed by atoms with Gasteiger partial charge in [0, 0.05) is 51.9 Å². The normalized spacial score (nSPS) is 25.2. The lowest BCUT2D eigenvalue weighted by Crippen LogP contribution is -2.63. The Kier molecular flexibility index (Phi) is 5.13. The van der Waals surface area contributed by atoms with Crippen molar-refractivity contribution in [3.63, 3.8) is 0 Å². The largest absolute Gasteiger partial charge is 0.361 e. The van der Waals surface area contributed by atoms with Crippen molar-refractivity contribution in [1.82, 2.24) is 24.8 Å². The van der Waals surface area contributed by atoms with Crippen LogP contribution < -0.4 is 0 Å². The van der Waals surface area contributed by atoms with Gasteiger partial charge in [0.15, 0.2) is 0 Å². The highest BCUT2D eigenvalue weighted by Gasteiger charge is 2.58. The minimum absolute atomic E-state index is 0.0165. The number of benzene rings is 1. The monoisotopic (exact) mass is 409 g/mol. The highest BCUT2D eigenvalue weighted by Crippen LogP contribution is 2.42. The smallest absolute Gasteiger partial charge is 0.243 e. The minimum Gasteiger partial charge on any atom is -0.361 e. The number of likely N-dealkylation sites (tertiary alicyclic amines) is 1. The number of hydrogen-bond acceptors (Lipinski definition) is 6. The molecular formula is C23H31N5O2. The van der Waals surface area contributed by atoms with Crippen LogP contribution in [-0.4, -0.2) is 82.1 Å². The van der Waals surface area contributed by atoms with Gasteiger partial charge in [0.1, 0.15) is 11.8 Å². The molecule has 160 valence electrons. The number of aromatic nitrogens is 1. The highest BCUT2D eigenvalue weighted by atomic mass is 16.5. The molecule has 1 atom stereocenters. The molecule has 30 heavy (non-hydrogen) atoms. The van der Waals surface area contributed by atoms with E-state index in [1.807, 2.05) is 19.1 Å². The zero-order valence-electron chi connectivity index (χ0n) is 18.0. The molecule has 0 unspecified atom stereocenters. The molecule has 7 heteroatoms. The Labute approximate surface area is 178 Å². The van der Waals surface area contributed by atoms with Crippen LogP contribution in [-0.2, 0) is 17.9 Å². The van der Waals surface area contributed by atoms with Crippen LogP contribution >= 0.6 is 0 Å². The molecule has 1 spiro atoms. The summed E-state index contributed by atoms with van der Waals surface area (Å²) in [5.74, 6) is 1.15. The van der Waals surface area contributed by atoms with Crippen molar-refractivity contribution >= 4 is 5.91 Å². The summed E-state index contributed by atoms with van der Waals surface area (Å²) in [6, 6.07) is 12.4. The van der Waals surface area contributed by atoms with Gasteiger partial charge in [0.25, 0.3) is 0 Å². The number of piperidine rings is 1. The van der Waals surface area contributed by atoms with E-state index in [2.05, 4.69) is 56.1 Å². The molecule has 0 bridgehead atoms. The second-order valence-electron chi connectivity index (χ2n) is 9.07. The van der Waals surface area contributed by atoms with E-state index in [1.165, 1.54) is 5.56 Å². The Balaban J connectivity index is 1.38. The van der Waals surface area contributed by atoms with Gasteiger partial charge in [-0.1, -0.05) is 35.5 Å². The molecule has 3 aliphatic heterocycles. The quantitative estimate of drug-likeness (QED) is 0.769. The van der Waals surface area contributed by atoms with Crippen molar-refractivity contribution < 1.29 is 9.32 Å². The summed E-state index contributed by atoms with van der Waals surface area (Å²) in [6.07, 6.45) is 1.95. The number of carbonyl (C=O) groups excluding carboxylic acids is 1. The number of likely N-dealkylation sites (N-methyl/N-ethyl adjacent to an activating group) is 1. The fraction of sp³-hybridized carbons (Fsp3) is 0.565. The first-order valence-electron chi connectivity index (χ1n) is 11.0. The van der Waals surface area contributed by atoms with Gasteiger partial charge in [-0.2, -0.15) is 0 Å². The van der Waals surface area contributed by atoms with Crippen molar-refractivity contribution in [1.29, 1.82) is 0 Å². The van der Waals surface area contributed by atoms with Crippen LogP contribution in [0.4, 0.5) is 0 Å². The van der Waals surface area contributed by atoms with Crippen molar-refractivity contribution in [3.05, 3.63) is 53.4 Å². The van der Waals surface area contributed by atoms with Crippen LogP contribution in [0.15, 0.2) is 40.9 Å². The van der Waals surface area contributed by atoms with Gasteiger partial charge in [-0.3, -0.25) is 14.6 Å².